The van der Waals surface area contributed by atoms with Crippen LogP contribution in [0.25, 0.3) is 10.9 Å². The van der Waals surface area contributed by atoms with Gasteiger partial charge in [-0.25, -0.2) is 13.2 Å². The second-order valence-corrected chi connectivity index (χ2v) is 10.00. The zero-order valence-corrected chi connectivity index (χ0v) is 20.0. The Morgan fingerprint density at radius 3 is 2.41 bits per heavy atom. The van der Waals surface area contributed by atoms with Gasteiger partial charge in [0, 0.05) is 29.2 Å². The molecule has 0 fully saturated rings. The summed E-state index contributed by atoms with van der Waals surface area (Å²) in [6, 6.07) is 19.6. The molecule has 3 aromatic carbocycles. The van der Waals surface area contributed by atoms with Crippen molar-refractivity contribution >= 4 is 50.0 Å². The number of benzene rings is 3. The molecule has 0 radical (unpaired) electrons. The van der Waals surface area contributed by atoms with Crippen molar-refractivity contribution in [1.82, 2.24) is 4.98 Å². The molecule has 7 nitrogen and oxygen atoms in total. The van der Waals surface area contributed by atoms with Crippen LogP contribution in [0.1, 0.15) is 26.4 Å². The van der Waals surface area contributed by atoms with Crippen molar-refractivity contribution < 1.29 is 22.7 Å². The molecule has 0 aliphatic rings. The van der Waals surface area contributed by atoms with E-state index in [1.165, 1.54) is 19.2 Å². The van der Waals surface area contributed by atoms with E-state index in [9.17, 15) is 18.0 Å². The van der Waals surface area contributed by atoms with Gasteiger partial charge in [0.2, 0.25) is 5.78 Å². The van der Waals surface area contributed by atoms with Crippen LogP contribution in [0.3, 0.4) is 0 Å². The smallest absolute Gasteiger partial charge is 0.340 e. The first-order valence-corrected chi connectivity index (χ1v) is 12.1. The minimum absolute atomic E-state index is 0.0158. The van der Waals surface area contributed by atoms with Crippen LogP contribution in [0, 0.1) is 6.92 Å². The van der Waals surface area contributed by atoms with E-state index in [1.807, 2.05) is 24.3 Å². The number of H-pyrrole nitrogens is 1. The Balaban J connectivity index is 1.55. The van der Waals surface area contributed by atoms with Crippen LogP contribution in [0.4, 0.5) is 5.69 Å². The Hall–Kier alpha value is -3.62. The summed E-state index contributed by atoms with van der Waals surface area (Å²) < 4.78 is 32.5. The van der Waals surface area contributed by atoms with Gasteiger partial charge < -0.3 is 9.72 Å². The number of sulfonamides is 1. The monoisotopic (exact) mass is 496 g/mol. The maximum absolute atomic E-state index is 13.1. The third-order valence-corrected chi connectivity index (χ3v) is 7.55. The number of ether oxygens (including phenoxy) is 1. The minimum atomic E-state index is -3.97. The predicted molar refractivity (Wildman–Crippen MR) is 131 cm³/mol. The van der Waals surface area contributed by atoms with Crippen molar-refractivity contribution in [3.63, 3.8) is 0 Å². The third-order valence-electron chi connectivity index (χ3n) is 5.44. The number of carbonyl (C=O) groups excluding carboxylic acids is 2. The molecule has 1 aromatic heterocycles. The number of Topliss-reactive ketones (excluding diaryl/α,β-unsaturated/α-hetero) is 1. The first-order chi connectivity index (χ1) is 16.2. The van der Waals surface area contributed by atoms with Gasteiger partial charge in [-0.05, 0) is 43.3 Å². The highest BCUT2D eigenvalue weighted by Gasteiger charge is 2.25. The molecule has 9 heteroatoms. The van der Waals surface area contributed by atoms with Gasteiger partial charge in [0.05, 0.1) is 21.2 Å². The summed E-state index contributed by atoms with van der Waals surface area (Å²) in [5.41, 5.74) is 2.22. The second-order valence-electron chi connectivity index (χ2n) is 7.62. The molecule has 1 heterocycles. The number of aryl methyl sites for hydroxylation is 1. The van der Waals surface area contributed by atoms with E-state index in [1.54, 1.807) is 37.3 Å². The molecule has 4 aromatic rings. The van der Waals surface area contributed by atoms with Gasteiger partial charge in [-0.2, -0.15) is 0 Å². The SMILES string of the molecule is Cc1[nH]c2ccccc2c1C(=O)COC(=O)c1cc(S(=O)(=O)N(C)c2ccccc2)ccc1Cl. The molecular weight excluding hydrogens is 476 g/mol. The fourth-order valence-electron chi connectivity index (χ4n) is 3.67. The van der Waals surface area contributed by atoms with Crippen molar-refractivity contribution in [2.45, 2.75) is 11.8 Å². The predicted octanol–water partition coefficient (Wildman–Crippen LogP) is 4.99. The molecule has 0 saturated carbocycles. The number of aromatic nitrogens is 1. The zero-order valence-electron chi connectivity index (χ0n) is 18.4. The maximum atomic E-state index is 13.1. The standard InChI is InChI=1S/C25H21ClN2O5S/c1-16-24(19-10-6-7-11-22(19)27-16)23(29)15-33-25(30)20-14-18(12-13-21(20)26)34(31,32)28(2)17-8-4-3-5-9-17/h3-14,27H,15H2,1-2H3. The number of ketones is 1. The summed E-state index contributed by atoms with van der Waals surface area (Å²) >= 11 is 6.16. The van der Waals surface area contributed by atoms with Crippen molar-refractivity contribution in [2.24, 2.45) is 0 Å². The lowest BCUT2D eigenvalue weighted by Crippen LogP contribution is -2.26. The van der Waals surface area contributed by atoms with Crippen LogP contribution < -0.4 is 4.31 Å². The number of esters is 1. The van der Waals surface area contributed by atoms with Gasteiger partial charge in [0.25, 0.3) is 10.0 Å². The summed E-state index contributed by atoms with van der Waals surface area (Å²) in [6.07, 6.45) is 0. The molecule has 34 heavy (non-hydrogen) atoms. The number of halogens is 1. The van der Waals surface area contributed by atoms with E-state index < -0.39 is 22.6 Å². The fraction of sp³-hybridized carbons (Fsp3) is 0.120. The van der Waals surface area contributed by atoms with Crippen LogP contribution in [0.2, 0.25) is 5.02 Å². The van der Waals surface area contributed by atoms with Crippen LogP contribution >= 0.6 is 11.6 Å². The molecular formula is C25H21ClN2O5S. The van der Waals surface area contributed by atoms with Crippen LogP contribution in [0.5, 0.6) is 0 Å². The highest BCUT2D eigenvalue weighted by molar-refractivity contribution is 7.92. The minimum Gasteiger partial charge on any atom is -0.454 e. The van der Waals surface area contributed by atoms with E-state index >= 15 is 0 Å². The third kappa shape index (κ3) is 4.42. The van der Waals surface area contributed by atoms with Crippen LogP contribution in [-0.4, -0.2) is 38.8 Å². The second kappa shape index (κ2) is 9.32. The van der Waals surface area contributed by atoms with Crippen LogP contribution in [0.15, 0.2) is 77.7 Å². The molecule has 0 atom stereocenters. The van der Waals surface area contributed by atoms with Gasteiger partial charge in [0.15, 0.2) is 6.61 Å². The normalized spacial score (nSPS) is 11.4. The number of para-hydroxylation sites is 2. The average Bonchev–Trinajstić information content (AvgIpc) is 3.18. The zero-order chi connectivity index (χ0) is 24.5. The van der Waals surface area contributed by atoms with Gasteiger partial charge in [-0.3, -0.25) is 9.10 Å². The number of hydrogen-bond acceptors (Lipinski definition) is 5. The Morgan fingerprint density at radius 2 is 1.68 bits per heavy atom. The largest absolute Gasteiger partial charge is 0.454 e. The van der Waals surface area contributed by atoms with Crippen LogP contribution in [-0.2, 0) is 14.8 Å². The molecule has 0 amide bonds. The Morgan fingerprint density at radius 1 is 1.00 bits per heavy atom. The van der Waals surface area contributed by atoms with Crippen molar-refractivity contribution in [3.05, 3.63) is 94.6 Å². The molecule has 4 rings (SSSR count). The van der Waals surface area contributed by atoms with Crippen molar-refractivity contribution in [3.8, 4) is 0 Å². The number of nitrogens with zero attached hydrogens (tertiary/aromatic N) is 1. The summed E-state index contributed by atoms with van der Waals surface area (Å²) in [5, 5.41) is 0.748. The molecule has 0 aliphatic heterocycles. The topological polar surface area (TPSA) is 96.5 Å². The highest BCUT2D eigenvalue weighted by Crippen LogP contribution is 2.27. The molecule has 0 saturated heterocycles. The lowest BCUT2D eigenvalue weighted by atomic mass is 10.1. The average molecular weight is 497 g/mol. The summed E-state index contributed by atoms with van der Waals surface area (Å²) in [5.74, 6) is -1.28. The molecule has 174 valence electrons. The quantitative estimate of drug-likeness (QED) is 0.287. The number of nitrogens with one attached hydrogen (secondary N) is 1. The van der Waals surface area contributed by atoms with E-state index in [2.05, 4.69) is 4.98 Å². The first-order valence-electron chi connectivity index (χ1n) is 10.3. The van der Waals surface area contributed by atoms with Gasteiger partial charge in [-0.15, -0.1) is 0 Å². The van der Waals surface area contributed by atoms with E-state index in [0.29, 0.717) is 16.9 Å². The number of aromatic amines is 1. The number of rotatable bonds is 7. The Bertz CT molecular complexity index is 1500. The Labute approximate surface area is 202 Å². The number of hydrogen-bond donors (Lipinski definition) is 1. The van der Waals surface area contributed by atoms with E-state index in [-0.39, 0.29) is 21.3 Å². The summed E-state index contributed by atoms with van der Waals surface area (Å²) in [4.78, 5) is 28.5. The number of fused-ring (bicyclic) bond motifs is 1. The maximum Gasteiger partial charge on any atom is 0.340 e. The molecule has 0 bridgehead atoms. The summed E-state index contributed by atoms with van der Waals surface area (Å²) in [7, 11) is -2.55. The lowest BCUT2D eigenvalue weighted by molar-refractivity contribution is 0.0475. The number of anilines is 1. The highest BCUT2D eigenvalue weighted by atomic mass is 35.5. The number of carbonyl (C=O) groups is 2. The molecule has 0 spiro atoms. The summed E-state index contributed by atoms with van der Waals surface area (Å²) in [6.45, 7) is 1.25. The van der Waals surface area contributed by atoms with E-state index in [0.717, 1.165) is 21.3 Å². The van der Waals surface area contributed by atoms with E-state index in [4.69, 9.17) is 16.3 Å². The van der Waals surface area contributed by atoms with Gasteiger partial charge in [-0.1, -0.05) is 48.0 Å². The molecule has 1 N–H and O–H groups in total. The fourth-order valence-corrected chi connectivity index (χ4v) is 5.09. The van der Waals surface area contributed by atoms with Gasteiger partial charge >= 0.3 is 5.97 Å². The lowest BCUT2D eigenvalue weighted by Gasteiger charge is -2.20. The van der Waals surface area contributed by atoms with Crippen molar-refractivity contribution in [2.75, 3.05) is 18.0 Å². The molecule has 0 aliphatic carbocycles. The van der Waals surface area contributed by atoms with Gasteiger partial charge in [0.1, 0.15) is 0 Å². The Kier molecular flexibility index (Phi) is 6.45. The molecule has 0 unspecified atom stereocenters. The van der Waals surface area contributed by atoms with Crippen molar-refractivity contribution in [1.29, 1.82) is 0 Å². The first kappa shape index (κ1) is 23.5.